The van der Waals surface area contributed by atoms with Gasteiger partial charge in [0, 0.05) is 50.2 Å². The number of anilines is 2. The topological polar surface area (TPSA) is 45.2 Å². The average Bonchev–Trinajstić information content (AvgIpc) is 2.96. The molecule has 7 heteroatoms. The molecule has 1 aliphatic heterocycles. The lowest BCUT2D eigenvalue weighted by molar-refractivity contribution is 0.613. The van der Waals surface area contributed by atoms with Crippen molar-refractivity contribution in [2.24, 2.45) is 0 Å². The molecule has 5 nitrogen and oxygen atoms in total. The number of halogens is 1. The maximum Gasteiger partial charge on any atom is 0.205 e. The first-order valence-corrected chi connectivity index (χ1v) is 7.46. The Morgan fingerprint density at radius 3 is 2.60 bits per heavy atom. The molecule has 0 amide bonds. The van der Waals surface area contributed by atoms with E-state index < -0.39 is 0 Å². The largest absolute Gasteiger partial charge is 0.367 e. The molecule has 0 aromatic carbocycles. The lowest BCUT2D eigenvalue weighted by atomic mass is 10.3. The normalized spacial score (nSPS) is 15.7. The van der Waals surface area contributed by atoms with Crippen molar-refractivity contribution in [2.45, 2.75) is 13.3 Å². The highest BCUT2D eigenvalue weighted by Crippen LogP contribution is 2.22. The Hall–Kier alpha value is -1.76. The molecule has 0 N–H and O–H groups in total. The molecule has 106 valence electrons. The number of rotatable bonds is 3. The van der Waals surface area contributed by atoms with Crippen molar-refractivity contribution < 1.29 is 4.39 Å². The smallest absolute Gasteiger partial charge is 0.205 e. The summed E-state index contributed by atoms with van der Waals surface area (Å²) >= 11 is 1.45. The van der Waals surface area contributed by atoms with Crippen LogP contribution in [0.2, 0.25) is 0 Å². The zero-order valence-electron chi connectivity index (χ0n) is 11.3. The predicted octanol–water partition coefficient (Wildman–Crippen LogP) is 1.96. The van der Waals surface area contributed by atoms with E-state index in [1.165, 1.54) is 23.8 Å². The van der Waals surface area contributed by atoms with E-state index in [1.54, 1.807) is 6.20 Å². The minimum absolute atomic E-state index is 0.290. The first kappa shape index (κ1) is 13.2. The maximum atomic E-state index is 13.2. The second-order valence-corrected chi connectivity index (χ2v) is 5.41. The Kier molecular flexibility index (Phi) is 3.77. The molecule has 0 spiro atoms. The van der Waals surface area contributed by atoms with Crippen molar-refractivity contribution in [3.8, 4) is 0 Å². The van der Waals surface area contributed by atoms with Gasteiger partial charge in [0.2, 0.25) is 5.13 Å². The van der Waals surface area contributed by atoms with Crippen LogP contribution in [0.1, 0.15) is 12.7 Å². The fourth-order valence-electron chi connectivity index (χ4n) is 2.25. The van der Waals surface area contributed by atoms with E-state index in [2.05, 4.69) is 31.1 Å². The van der Waals surface area contributed by atoms with Gasteiger partial charge >= 0.3 is 0 Å². The van der Waals surface area contributed by atoms with Gasteiger partial charge in [-0.15, -0.1) is 0 Å². The van der Waals surface area contributed by atoms with E-state index in [0.29, 0.717) is 0 Å². The van der Waals surface area contributed by atoms with E-state index >= 15 is 0 Å². The fourth-order valence-corrected chi connectivity index (χ4v) is 3.05. The highest BCUT2D eigenvalue weighted by molar-refractivity contribution is 7.09. The Morgan fingerprint density at radius 2 is 1.95 bits per heavy atom. The number of pyridine rings is 1. The molecule has 0 aliphatic carbocycles. The zero-order chi connectivity index (χ0) is 13.9. The minimum atomic E-state index is -0.290. The first-order valence-electron chi connectivity index (χ1n) is 6.69. The SMILES string of the molecule is CCc1nsc(N2CCN(c3cncc(F)c3)CC2)n1. The van der Waals surface area contributed by atoms with Gasteiger partial charge in [0.25, 0.3) is 0 Å². The Bertz CT molecular complexity index is 580. The molecule has 0 saturated carbocycles. The molecule has 0 bridgehead atoms. The standard InChI is InChI=1S/C13H16FN5S/c1-2-12-16-13(20-17-12)19-5-3-18(4-6-19)11-7-10(14)8-15-9-11/h7-9H,2-6H2,1H3. The minimum Gasteiger partial charge on any atom is -0.367 e. The number of piperazine rings is 1. The van der Waals surface area contributed by atoms with Gasteiger partial charge in [-0.1, -0.05) is 6.92 Å². The van der Waals surface area contributed by atoms with Crippen molar-refractivity contribution >= 4 is 22.4 Å². The van der Waals surface area contributed by atoms with Crippen LogP contribution in [0.25, 0.3) is 0 Å². The highest BCUT2D eigenvalue weighted by atomic mass is 32.1. The van der Waals surface area contributed by atoms with Gasteiger partial charge in [-0.3, -0.25) is 4.98 Å². The fraction of sp³-hybridized carbons (Fsp3) is 0.462. The molecule has 1 saturated heterocycles. The number of hydrogen-bond acceptors (Lipinski definition) is 6. The summed E-state index contributed by atoms with van der Waals surface area (Å²) in [5.74, 6) is 0.614. The summed E-state index contributed by atoms with van der Waals surface area (Å²) in [4.78, 5) is 12.8. The van der Waals surface area contributed by atoms with Crippen molar-refractivity contribution in [1.29, 1.82) is 0 Å². The summed E-state index contributed by atoms with van der Waals surface area (Å²) in [5, 5.41) is 0.985. The number of hydrogen-bond donors (Lipinski definition) is 0. The van der Waals surface area contributed by atoms with E-state index in [-0.39, 0.29) is 5.82 Å². The Morgan fingerprint density at radius 1 is 1.20 bits per heavy atom. The number of nitrogens with zero attached hydrogens (tertiary/aromatic N) is 5. The molecular weight excluding hydrogens is 277 g/mol. The molecule has 2 aromatic heterocycles. The van der Waals surface area contributed by atoms with E-state index in [1.807, 2.05) is 0 Å². The summed E-state index contributed by atoms with van der Waals surface area (Å²) in [7, 11) is 0. The van der Waals surface area contributed by atoms with Crippen LogP contribution in [0.3, 0.4) is 0 Å². The van der Waals surface area contributed by atoms with Crippen LogP contribution in [-0.4, -0.2) is 40.5 Å². The van der Waals surface area contributed by atoms with Gasteiger partial charge < -0.3 is 9.80 Å². The molecule has 0 radical (unpaired) electrons. The Balaban J connectivity index is 1.64. The summed E-state index contributed by atoms with van der Waals surface area (Å²) < 4.78 is 17.5. The van der Waals surface area contributed by atoms with Crippen LogP contribution in [0.5, 0.6) is 0 Å². The first-order chi connectivity index (χ1) is 9.76. The molecule has 0 unspecified atom stereocenters. The monoisotopic (exact) mass is 293 g/mol. The van der Waals surface area contributed by atoms with Crippen LogP contribution in [0.15, 0.2) is 18.5 Å². The van der Waals surface area contributed by atoms with Gasteiger partial charge in [-0.25, -0.2) is 9.37 Å². The third kappa shape index (κ3) is 2.72. The van der Waals surface area contributed by atoms with E-state index in [9.17, 15) is 4.39 Å². The lowest BCUT2D eigenvalue weighted by Crippen LogP contribution is -2.46. The number of aromatic nitrogens is 3. The highest BCUT2D eigenvalue weighted by Gasteiger charge is 2.20. The van der Waals surface area contributed by atoms with Crippen LogP contribution >= 0.6 is 11.5 Å². The third-order valence-corrected chi connectivity index (χ3v) is 4.19. The van der Waals surface area contributed by atoms with Crippen molar-refractivity contribution in [3.05, 3.63) is 30.1 Å². The molecular formula is C13H16FN5S. The summed E-state index contributed by atoms with van der Waals surface area (Å²) in [5.41, 5.74) is 0.844. The lowest BCUT2D eigenvalue weighted by Gasteiger charge is -2.35. The predicted molar refractivity (Wildman–Crippen MR) is 77.9 cm³/mol. The quantitative estimate of drug-likeness (QED) is 0.865. The zero-order valence-corrected chi connectivity index (χ0v) is 12.1. The summed E-state index contributed by atoms with van der Waals surface area (Å²) in [6.07, 6.45) is 3.80. The molecule has 1 aliphatic rings. The van der Waals surface area contributed by atoms with Crippen molar-refractivity contribution in [1.82, 2.24) is 14.3 Å². The van der Waals surface area contributed by atoms with Crippen LogP contribution < -0.4 is 9.80 Å². The molecule has 1 fully saturated rings. The van der Waals surface area contributed by atoms with Crippen LogP contribution in [0.4, 0.5) is 15.2 Å². The average molecular weight is 293 g/mol. The molecule has 20 heavy (non-hydrogen) atoms. The molecule has 0 atom stereocenters. The Labute approximate surface area is 121 Å². The van der Waals surface area contributed by atoms with Crippen LogP contribution in [0, 0.1) is 5.82 Å². The number of aryl methyl sites for hydroxylation is 1. The molecule has 3 heterocycles. The van der Waals surface area contributed by atoms with Gasteiger partial charge in [0.15, 0.2) is 0 Å². The second kappa shape index (κ2) is 5.70. The third-order valence-electron chi connectivity index (χ3n) is 3.38. The van der Waals surface area contributed by atoms with Gasteiger partial charge in [-0.05, 0) is 0 Å². The van der Waals surface area contributed by atoms with E-state index in [0.717, 1.165) is 49.2 Å². The molecule has 2 aromatic rings. The summed E-state index contributed by atoms with van der Waals surface area (Å²) in [6.45, 7) is 5.47. The van der Waals surface area contributed by atoms with Gasteiger partial charge in [-0.2, -0.15) is 4.37 Å². The van der Waals surface area contributed by atoms with Crippen molar-refractivity contribution in [3.63, 3.8) is 0 Å². The molecule has 3 rings (SSSR count). The van der Waals surface area contributed by atoms with Gasteiger partial charge in [0.05, 0.1) is 18.1 Å². The van der Waals surface area contributed by atoms with Crippen molar-refractivity contribution in [2.75, 3.05) is 36.0 Å². The van der Waals surface area contributed by atoms with E-state index in [4.69, 9.17) is 0 Å². The van der Waals surface area contributed by atoms with Crippen LogP contribution in [-0.2, 0) is 6.42 Å². The second-order valence-electron chi connectivity index (χ2n) is 4.68. The van der Waals surface area contributed by atoms with Gasteiger partial charge in [0.1, 0.15) is 11.6 Å². The maximum absolute atomic E-state index is 13.2. The summed E-state index contributed by atoms with van der Waals surface area (Å²) in [6, 6.07) is 1.53.